The first kappa shape index (κ1) is 9.28. The van der Waals surface area contributed by atoms with Gasteiger partial charge in [-0.15, -0.1) is 0 Å². The number of aliphatic hydroxyl groups excluding tert-OH is 1. The summed E-state index contributed by atoms with van der Waals surface area (Å²) in [7, 11) is 0. The van der Waals surface area contributed by atoms with E-state index in [1.165, 1.54) is 18.9 Å². The predicted octanol–water partition coefficient (Wildman–Crippen LogP) is 3.19. The first-order valence-electron chi connectivity index (χ1n) is 3.82. The average molecular weight is 140 g/mol. The van der Waals surface area contributed by atoms with Gasteiger partial charge in [0.2, 0.25) is 0 Å². The Labute approximate surface area is 63.1 Å². The Morgan fingerprint density at radius 3 is 2.70 bits per heavy atom. The maximum atomic E-state index is 8.90. The van der Waals surface area contributed by atoms with Crippen LogP contribution >= 0.6 is 0 Å². The Morgan fingerprint density at radius 2 is 2.20 bits per heavy atom. The summed E-state index contributed by atoms with van der Waals surface area (Å²) in [6.45, 7) is 5.60. The second-order valence-electron chi connectivity index (χ2n) is 2.33. The minimum absolute atomic E-state index is 0.302. The fourth-order valence-electron chi connectivity index (χ4n) is 0.728. The molecular weight excluding hydrogens is 124 g/mol. The van der Waals surface area contributed by atoms with Gasteiger partial charge < -0.3 is 5.11 Å². The zero-order valence-corrected chi connectivity index (χ0v) is 6.64. The van der Waals surface area contributed by atoms with Gasteiger partial charge in [0.15, 0.2) is 0 Å². The van der Waals surface area contributed by atoms with Crippen LogP contribution in [0.15, 0.2) is 24.5 Å². The third kappa shape index (κ3) is 5.42. The van der Waals surface area contributed by atoms with Gasteiger partial charge in [0.05, 0.1) is 0 Å². The summed E-state index contributed by atoms with van der Waals surface area (Å²) in [6, 6.07) is 0. The van der Waals surface area contributed by atoms with Crippen molar-refractivity contribution < 1.29 is 5.11 Å². The molecule has 0 amide bonds. The molecule has 0 radical (unpaired) electrons. The van der Waals surface area contributed by atoms with Gasteiger partial charge in [0.1, 0.15) is 5.76 Å². The first-order chi connectivity index (χ1) is 4.81. The molecule has 0 aliphatic carbocycles. The minimum Gasteiger partial charge on any atom is -0.508 e. The van der Waals surface area contributed by atoms with Gasteiger partial charge in [0, 0.05) is 0 Å². The monoisotopic (exact) mass is 140 g/mol. The molecule has 1 heteroatoms. The highest BCUT2D eigenvalue weighted by Crippen LogP contribution is 2.01. The molecule has 1 nitrogen and oxygen atoms in total. The van der Waals surface area contributed by atoms with Gasteiger partial charge in [-0.2, -0.15) is 0 Å². The van der Waals surface area contributed by atoms with Crippen LogP contribution in [0.25, 0.3) is 0 Å². The zero-order chi connectivity index (χ0) is 7.82. The van der Waals surface area contributed by atoms with E-state index in [9.17, 15) is 0 Å². The van der Waals surface area contributed by atoms with Crippen molar-refractivity contribution in [1.29, 1.82) is 0 Å². The number of hydrogen-bond donors (Lipinski definition) is 1. The van der Waals surface area contributed by atoms with Crippen LogP contribution in [0.3, 0.4) is 0 Å². The summed E-state index contributed by atoms with van der Waals surface area (Å²) in [6.07, 6.45) is 7.86. The number of allylic oxidation sites excluding steroid dienone is 2. The lowest BCUT2D eigenvalue weighted by molar-refractivity contribution is 0.429. The fraction of sp³-hybridized carbons (Fsp3) is 0.556. The molecule has 0 aliphatic heterocycles. The van der Waals surface area contributed by atoms with Gasteiger partial charge in [-0.25, -0.2) is 0 Å². The van der Waals surface area contributed by atoms with E-state index in [-0.39, 0.29) is 0 Å². The SMILES string of the molecule is C=C/C(O)=C/CCCCC. The third-order valence-electron chi connectivity index (χ3n) is 1.37. The molecule has 0 saturated heterocycles. The van der Waals surface area contributed by atoms with Gasteiger partial charge in [-0.05, 0) is 25.0 Å². The van der Waals surface area contributed by atoms with E-state index in [1.54, 1.807) is 0 Å². The van der Waals surface area contributed by atoms with Crippen LogP contribution in [0.1, 0.15) is 32.6 Å². The highest BCUT2D eigenvalue weighted by atomic mass is 16.3. The molecule has 0 rings (SSSR count). The van der Waals surface area contributed by atoms with Gasteiger partial charge >= 0.3 is 0 Å². The molecule has 0 aliphatic rings. The molecule has 0 aromatic carbocycles. The number of rotatable bonds is 5. The van der Waals surface area contributed by atoms with Gasteiger partial charge in [0.25, 0.3) is 0 Å². The molecule has 0 atom stereocenters. The summed E-state index contributed by atoms with van der Waals surface area (Å²) in [5, 5.41) is 8.90. The molecule has 0 aromatic heterocycles. The molecule has 0 heterocycles. The van der Waals surface area contributed by atoms with E-state index in [0.29, 0.717) is 5.76 Å². The summed E-state index contributed by atoms with van der Waals surface area (Å²) in [5.74, 6) is 0.302. The van der Waals surface area contributed by atoms with E-state index in [1.807, 2.05) is 6.08 Å². The summed E-state index contributed by atoms with van der Waals surface area (Å²) < 4.78 is 0. The molecule has 0 spiro atoms. The van der Waals surface area contributed by atoms with Crippen molar-refractivity contribution in [2.24, 2.45) is 0 Å². The molecular formula is C9H16O. The van der Waals surface area contributed by atoms with Gasteiger partial charge in [-0.1, -0.05) is 26.3 Å². The maximum Gasteiger partial charge on any atom is 0.111 e. The molecule has 0 saturated carbocycles. The Bertz CT molecular complexity index is 114. The summed E-state index contributed by atoms with van der Waals surface area (Å²) in [5.41, 5.74) is 0. The first-order valence-corrected chi connectivity index (χ1v) is 3.82. The van der Waals surface area contributed by atoms with Crippen molar-refractivity contribution in [3.63, 3.8) is 0 Å². The van der Waals surface area contributed by atoms with E-state index in [0.717, 1.165) is 12.8 Å². The zero-order valence-electron chi connectivity index (χ0n) is 6.64. The normalized spacial score (nSPS) is 11.5. The van der Waals surface area contributed by atoms with Gasteiger partial charge in [-0.3, -0.25) is 0 Å². The van der Waals surface area contributed by atoms with Crippen LogP contribution in [0.4, 0.5) is 0 Å². The molecule has 0 aromatic rings. The van der Waals surface area contributed by atoms with E-state index < -0.39 is 0 Å². The Morgan fingerprint density at radius 1 is 1.50 bits per heavy atom. The lowest BCUT2D eigenvalue weighted by Crippen LogP contribution is -1.75. The molecule has 0 fully saturated rings. The van der Waals surface area contributed by atoms with E-state index in [4.69, 9.17) is 5.11 Å². The molecule has 0 bridgehead atoms. The number of hydrogen-bond acceptors (Lipinski definition) is 1. The minimum atomic E-state index is 0.302. The standard InChI is InChI=1S/C9H16O/c1-3-5-6-7-8-9(10)4-2/h4,8,10H,2-3,5-7H2,1H3/b9-8-. The van der Waals surface area contributed by atoms with Crippen molar-refractivity contribution in [2.45, 2.75) is 32.6 Å². The molecule has 0 unspecified atom stereocenters. The van der Waals surface area contributed by atoms with Crippen LogP contribution in [0.5, 0.6) is 0 Å². The molecule has 10 heavy (non-hydrogen) atoms. The van der Waals surface area contributed by atoms with E-state index >= 15 is 0 Å². The Balaban J connectivity index is 3.24. The van der Waals surface area contributed by atoms with Crippen LogP contribution < -0.4 is 0 Å². The third-order valence-corrected chi connectivity index (χ3v) is 1.37. The van der Waals surface area contributed by atoms with Crippen molar-refractivity contribution in [2.75, 3.05) is 0 Å². The topological polar surface area (TPSA) is 20.2 Å². The summed E-state index contributed by atoms with van der Waals surface area (Å²) in [4.78, 5) is 0. The summed E-state index contributed by atoms with van der Waals surface area (Å²) >= 11 is 0. The van der Waals surface area contributed by atoms with E-state index in [2.05, 4.69) is 13.5 Å². The largest absolute Gasteiger partial charge is 0.508 e. The molecule has 58 valence electrons. The van der Waals surface area contributed by atoms with Crippen LogP contribution in [-0.4, -0.2) is 5.11 Å². The van der Waals surface area contributed by atoms with Crippen molar-refractivity contribution in [3.05, 3.63) is 24.5 Å². The smallest absolute Gasteiger partial charge is 0.111 e. The van der Waals surface area contributed by atoms with Crippen LogP contribution in [-0.2, 0) is 0 Å². The van der Waals surface area contributed by atoms with Crippen LogP contribution in [0, 0.1) is 0 Å². The second-order valence-corrected chi connectivity index (χ2v) is 2.33. The quantitative estimate of drug-likeness (QED) is 0.353. The average Bonchev–Trinajstić information content (AvgIpc) is 1.98. The molecule has 1 N–H and O–H groups in total. The lowest BCUT2D eigenvalue weighted by Gasteiger charge is -1.92. The number of unbranched alkanes of at least 4 members (excludes halogenated alkanes) is 3. The predicted molar refractivity (Wildman–Crippen MR) is 45.1 cm³/mol. The Kier molecular flexibility index (Phi) is 5.94. The highest BCUT2D eigenvalue weighted by Gasteiger charge is 1.84. The highest BCUT2D eigenvalue weighted by molar-refractivity contribution is 5.05. The van der Waals surface area contributed by atoms with Crippen molar-refractivity contribution in [3.8, 4) is 0 Å². The van der Waals surface area contributed by atoms with Crippen molar-refractivity contribution >= 4 is 0 Å². The van der Waals surface area contributed by atoms with Crippen molar-refractivity contribution in [1.82, 2.24) is 0 Å². The maximum absolute atomic E-state index is 8.90. The lowest BCUT2D eigenvalue weighted by atomic mass is 10.2. The van der Waals surface area contributed by atoms with Crippen LogP contribution in [0.2, 0.25) is 0 Å². The fourth-order valence-corrected chi connectivity index (χ4v) is 0.728. The number of aliphatic hydroxyl groups is 1. The second kappa shape index (κ2) is 6.40. The Hall–Kier alpha value is -0.720.